The molecule has 0 saturated carbocycles. The predicted molar refractivity (Wildman–Crippen MR) is 129 cm³/mol. The molecule has 0 aliphatic carbocycles. The molecule has 0 aromatic heterocycles. The standard InChI is InChI=1S/C22H25Cl2N3O2S/c1-4-7-17-10-16(13-26-27-22(30)25-5-2)12-20(28-6-3)21(17)29-14-15-8-9-18(23)19(24)11-15/h4,8-13H,1,5-7,14H2,2-3H3,(H2,25,27,30). The Hall–Kier alpha value is -2.28. The molecule has 2 N–H and O–H groups in total. The summed E-state index contributed by atoms with van der Waals surface area (Å²) in [5.74, 6) is 1.30. The van der Waals surface area contributed by atoms with Crippen molar-refractivity contribution in [2.75, 3.05) is 13.2 Å². The van der Waals surface area contributed by atoms with Crippen LogP contribution in [-0.2, 0) is 13.0 Å². The van der Waals surface area contributed by atoms with Crippen LogP contribution in [0.15, 0.2) is 48.1 Å². The molecule has 2 aromatic carbocycles. The maximum atomic E-state index is 6.12. The van der Waals surface area contributed by atoms with Gasteiger partial charge < -0.3 is 14.8 Å². The molecular weight excluding hydrogens is 441 g/mol. The number of rotatable bonds is 10. The van der Waals surface area contributed by atoms with E-state index in [-0.39, 0.29) is 0 Å². The van der Waals surface area contributed by atoms with Crippen molar-refractivity contribution < 1.29 is 9.47 Å². The highest BCUT2D eigenvalue weighted by atomic mass is 35.5. The largest absolute Gasteiger partial charge is 0.490 e. The van der Waals surface area contributed by atoms with Gasteiger partial charge in [-0.05, 0) is 67.9 Å². The Morgan fingerprint density at radius 3 is 2.63 bits per heavy atom. The molecule has 30 heavy (non-hydrogen) atoms. The van der Waals surface area contributed by atoms with Crippen LogP contribution in [0.3, 0.4) is 0 Å². The van der Waals surface area contributed by atoms with Crippen molar-refractivity contribution in [2.24, 2.45) is 5.10 Å². The number of thiocarbonyl (C=S) groups is 1. The van der Waals surface area contributed by atoms with Gasteiger partial charge in [0.25, 0.3) is 0 Å². The average molecular weight is 466 g/mol. The summed E-state index contributed by atoms with van der Waals surface area (Å²) >= 11 is 17.2. The minimum absolute atomic E-state index is 0.326. The second-order valence-corrected chi connectivity index (χ2v) is 7.42. The second kappa shape index (κ2) is 12.4. The lowest BCUT2D eigenvalue weighted by atomic mass is 10.1. The van der Waals surface area contributed by atoms with Gasteiger partial charge in [-0.1, -0.05) is 35.3 Å². The first-order valence-corrected chi connectivity index (χ1v) is 10.7. The van der Waals surface area contributed by atoms with E-state index in [1.54, 1.807) is 18.3 Å². The number of nitrogens with one attached hydrogen (secondary N) is 2. The van der Waals surface area contributed by atoms with Crippen LogP contribution in [0.1, 0.15) is 30.5 Å². The summed E-state index contributed by atoms with van der Waals surface area (Å²) in [6.07, 6.45) is 4.11. The van der Waals surface area contributed by atoms with Crippen LogP contribution in [0.25, 0.3) is 0 Å². The molecule has 0 atom stereocenters. The van der Waals surface area contributed by atoms with Crippen LogP contribution >= 0.6 is 35.4 Å². The van der Waals surface area contributed by atoms with E-state index in [2.05, 4.69) is 22.4 Å². The van der Waals surface area contributed by atoms with Gasteiger partial charge in [-0.3, -0.25) is 5.43 Å². The Morgan fingerprint density at radius 2 is 1.97 bits per heavy atom. The number of hydrogen-bond acceptors (Lipinski definition) is 4. The van der Waals surface area contributed by atoms with Crippen LogP contribution in [0.2, 0.25) is 10.0 Å². The van der Waals surface area contributed by atoms with Crippen molar-refractivity contribution in [1.82, 2.24) is 10.7 Å². The second-order valence-electron chi connectivity index (χ2n) is 6.20. The normalized spacial score (nSPS) is 10.7. The van der Waals surface area contributed by atoms with E-state index in [1.165, 1.54) is 0 Å². The molecule has 5 nitrogen and oxygen atoms in total. The summed E-state index contributed by atoms with van der Waals surface area (Å²) in [5, 5.41) is 8.61. The zero-order valence-electron chi connectivity index (χ0n) is 17.0. The number of hydrazone groups is 1. The van der Waals surface area contributed by atoms with Crippen LogP contribution in [-0.4, -0.2) is 24.5 Å². The summed E-state index contributed by atoms with van der Waals surface area (Å²) in [4.78, 5) is 0. The molecule has 0 heterocycles. The molecule has 0 saturated heterocycles. The van der Waals surface area contributed by atoms with E-state index in [0.717, 1.165) is 23.2 Å². The molecule has 2 aromatic rings. The number of hydrogen-bond donors (Lipinski definition) is 2. The van der Waals surface area contributed by atoms with Crippen LogP contribution in [0, 0.1) is 0 Å². The summed E-state index contributed by atoms with van der Waals surface area (Å²) in [5.41, 5.74) is 5.47. The molecule has 0 unspecified atom stereocenters. The van der Waals surface area contributed by atoms with Crippen molar-refractivity contribution >= 4 is 46.7 Å². The summed E-state index contributed by atoms with van der Waals surface area (Å²) in [6, 6.07) is 9.28. The molecule has 0 fully saturated rings. The zero-order chi connectivity index (χ0) is 21.9. The zero-order valence-corrected chi connectivity index (χ0v) is 19.3. The highest BCUT2D eigenvalue weighted by Gasteiger charge is 2.13. The van der Waals surface area contributed by atoms with Gasteiger partial charge in [0.2, 0.25) is 0 Å². The third-order valence-electron chi connectivity index (χ3n) is 3.90. The van der Waals surface area contributed by atoms with E-state index in [4.69, 9.17) is 44.9 Å². The van der Waals surface area contributed by atoms with Gasteiger partial charge in [0.15, 0.2) is 16.6 Å². The summed E-state index contributed by atoms with van der Waals surface area (Å²) in [6.45, 7) is 9.29. The maximum absolute atomic E-state index is 6.12. The monoisotopic (exact) mass is 465 g/mol. The highest BCUT2D eigenvalue weighted by Crippen LogP contribution is 2.34. The highest BCUT2D eigenvalue weighted by molar-refractivity contribution is 7.80. The van der Waals surface area contributed by atoms with Crippen molar-refractivity contribution in [3.05, 3.63) is 69.7 Å². The fraction of sp³-hybridized carbons (Fsp3) is 0.273. The molecular formula is C22H25Cl2N3O2S. The molecule has 160 valence electrons. The van der Waals surface area contributed by atoms with E-state index >= 15 is 0 Å². The Balaban J connectivity index is 2.28. The van der Waals surface area contributed by atoms with Crippen LogP contribution < -0.4 is 20.2 Å². The Bertz CT molecular complexity index is 919. The lowest BCUT2D eigenvalue weighted by Crippen LogP contribution is -2.31. The topological polar surface area (TPSA) is 54.9 Å². The van der Waals surface area contributed by atoms with Crippen molar-refractivity contribution in [1.29, 1.82) is 0 Å². The molecule has 0 radical (unpaired) electrons. The third kappa shape index (κ3) is 7.20. The van der Waals surface area contributed by atoms with Crippen molar-refractivity contribution in [2.45, 2.75) is 26.9 Å². The van der Waals surface area contributed by atoms with Gasteiger partial charge >= 0.3 is 0 Å². The minimum atomic E-state index is 0.326. The fourth-order valence-corrected chi connectivity index (χ4v) is 3.16. The fourth-order valence-electron chi connectivity index (χ4n) is 2.64. The molecule has 0 amide bonds. The number of nitrogens with zero attached hydrogens (tertiary/aromatic N) is 1. The van der Waals surface area contributed by atoms with Gasteiger partial charge in [-0.15, -0.1) is 6.58 Å². The molecule has 0 aliphatic heterocycles. The average Bonchev–Trinajstić information content (AvgIpc) is 2.70. The van der Waals surface area contributed by atoms with E-state index in [1.807, 2.05) is 38.1 Å². The van der Waals surface area contributed by atoms with E-state index in [9.17, 15) is 0 Å². The molecule has 0 aliphatic rings. The lowest BCUT2D eigenvalue weighted by molar-refractivity contribution is 0.267. The van der Waals surface area contributed by atoms with Crippen molar-refractivity contribution in [3.8, 4) is 11.5 Å². The predicted octanol–water partition coefficient (Wildman–Crippen LogP) is 5.52. The number of ether oxygens (including phenoxy) is 2. The van der Waals surface area contributed by atoms with Crippen LogP contribution in [0.5, 0.6) is 11.5 Å². The number of allylic oxidation sites excluding steroid dienone is 1. The minimum Gasteiger partial charge on any atom is -0.490 e. The Kier molecular flexibility index (Phi) is 9.94. The first kappa shape index (κ1) is 24.0. The van der Waals surface area contributed by atoms with Gasteiger partial charge in [-0.2, -0.15) is 5.10 Å². The van der Waals surface area contributed by atoms with Gasteiger partial charge in [0.1, 0.15) is 6.61 Å². The van der Waals surface area contributed by atoms with Crippen LogP contribution in [0.4, 0.5) is 0 Å². The van der Waals surface area contributed by atoms with Gasteiger partial charge in [-0.25, -0.2) is 0 Å². The number of halogens is 2. The number of benzene rings is 2. The van der Waals surface area contributed by atoms with Crippen molar-refractivity contribution in [3.63, 3.8) is 0 Å². The lowest BCUT2D eigenvalue weighted by Gasteiger charge is -2.17. The Labute approximate surface area is 193 Å². The smallest absolute Gasteiger partial charge is 0.186 e. The van der Waals surface area contributed by atoms with Gasteiger partial charge in [0, 0.05) is 12.1 Å². The Morgan fingerprint density at radius 1 is 1.17 bits per heavy atom. The van der Waals surface area contributed by atoms with E-state index < -0.39 is 0 Å². The quantitative estimate of drug-likeness (QED) is 0.209. The maximum Gasteiger partial charge on any atom is 0.186 e. The molecule has 8 heteroatoms. The summed E-state index contributed by atoms with van der Waals surface area (Å²) in [7, 11) is 0. The SMILES string of the molecule is C=CCc1cc(C=NNC(=S)NCC)cc(OCC)c1OCc1ccc(Cl)c(Cl)c1. The van der Waals surface area contributed by atoms with Gasteiger partial charge in [0.05, 0.1) is 22.9 Å². The molecule has 2 rings (SSSR count). The summed E-state index contributed by atoms with van der Waals surface area (Å²) < 4.78 is 12.0. The third-order valence-corrected chi connectivity index (χ3v) is 4.88. The molecule has 0 bridgehead atoms. The first-order valence-electron chi connectivity index (χ1n) is 9.52. The first-order chi connectivity index (χ1) is 14.5. The molecule has 0 spiro atoms. The van der Waals surface area contributed by atoms with E-state index in [0.29, 0.717) is 46.3 Å².